The summed E-state index contributed by atoms with van der Waals surface area (Å²) in [5, 5.41) is 4.55. The summed E-state index contributed by atoms with van der Waals surface area (Å²) in [4.78, 5) is 12.1. The second-order valence-corrected chi connectivity index (χ2v) is 7.93. The minimum Gasteiger partial charge on any atom is -0.351 e. The number of hydrogen-bond donors (Lipinski definition) is 2. The summed E-state index contributed by atoms with van der Waals surface area (Å²) in [6.07, 6.45) is 0. The number of thiophene rings is 1. The molecule has 0 bridgehead atoms. The average molecular weight is 318 g/mol. The Morgan fingerprint density at radius 3 is 2.70 bits per heavy atom. The molecule has 0 aromatic carbocycles. The molecule has 0 saturated carbocycles. The number of sulfonamides is 1. The van der Waals surface area contributed by atoms with Crippen LogP contribution in [0, 0.1) is 0 Å². The zero-order valence-electron chi connectivity index (χ0n) is 11.5. The molecule has 8 heteroatoms. The zero-order valence-corrected chi connectivity index (χ0v) is 13.1. The van der Waals surface area contributed by atoms with E-state index in [0.29, 0.717) is 23.8 Å². The molecule has 20 heavy (non-hydrogen) atoms. The summed E-state index contributed by atoms with van der Waals surface area (Å²) < 4.78 is 26.6. The lowest BCUT2D eigenvalue weighted by molar-refractivity contribution is -0.902. The van der Waals surface area contributed by atoms with Gasteiger partial charge in [-0.25, -0.2) is 8.42 Å². The standard InChI is InChI=1S/C12H19N3O3S2/c1-11(16)13-4-5-14-6-8-15(9-7-14)20(17,18)12-3-2-10-19-12/h2-3,10H,4-9H2,1H3,(H,13,16)/p+1. The number of nitrogens with one attached hydrogen (secondary N) is 2. The smallest absolute Gasteiger partial charge is 0.252 e. The molecule has 1 aromatic heterocycles. The predicted molar refractivity (Wildman–Crippen MR) is 77.3 cm³/mol. The van der Waals surface area contributed by atoms with Crippen molar-refractivity contribution < 1.29 is 18.1 Å². The Hall–Kier alpha value is -0.960. The maximum atomic E-state index is 12.3. The fourth-order valence-corrected chi connectivity index (χ4v) is 4.83. The molecule has 0 aliphatic carbocycles. The molecule has 0 spiro atoms. The Labute approximate surface area is 123 Å². The van der Waals surface area contributed by atoms with E-state index in [-0.39, 0.29) is 5.91 Å². The molecule has 0 radical (unpaired) electrons. The third-order valence-electron chi connectivity index (χ3n) is 3.37. The first-order valence-electron chi connectivity index (χ1n) is 6.62. The molecule has 0 atom stereocenters. The highest BCUT2D eigenvalue weighted by molar-refractivity contribution is 7.91. The van der Waals surface area contributed by atoms with Crippen molar-refractivity contribution in [2.75, 3.05) is 39.3 Å². The average Bonchev–Trinajstić information content (AvgIpc) is 2.93. The van der Waals surface area contributed by atoms with Gasteiger partial charge in [0.2, 0.25) is 5.91 Å². The highest BCUT2D eigenvalue weighted by Crippen LogP contribution is 2.20. The quantitative estimate of drug-likeness (QED) is 0.714. The maximum absolute atomic E-state index is 12.3. The van der Waals surface area contributed by atoms with E-state index in [1.165, 1.54) is 23.2 Å². The third kappa shape index (κ3) is 3.78. The molecule has 0 unspecified atom stereocenters. The van der Waals surface area contributed by atoms with E-state index in [0.717, 1.165) is 19.6 Å². The molecule has 1 aliphatic heterocycles. The largest absolute Gasteiger partial charge is 0.351 e. The van der Waals surface area contributed by atoms with Gasteiger partial charge in [0.05, 0.1) is 39.3 Å². The lowest BCUT2D eigenvalue weighted by Crippen LogP contribution is -3.15. The van der Waals surface area contributed by atoms with Gasteiger partial charge in [-0.15, -0.1) is 11.3 Å². The SMILES string of the molecule is CC(=O)NCC[NH+]1CCN(S(=O)(=O)c2cccs2)CC1. The van der Waals surface area contributed by atoms with E-state index in [1.54, 1.807) is 21.8 Å². The van der Waals surface area contributed by atoms with Crippen molar-refractivity contribution in [1.82, 2.24) is 9.62 Å². The Morgan fingerprint density at radius 2 is 2.15 bits per heavy atom. The number of carbonyl (C=O) groups is 1. The van der Waals surface area contributed by atoms with Gasteiger partial charge in [0, 0.05) is 6.92 Å². The molecule has 1 amide bonds. The number of piperazine rings is 1. The predicted octanol–water partition coefficient (Wildman–Crippen LogP) is -1.23. The number of nitrogens with zero attached hydrogens (tertiary/aromatic N) is 1. The molecular weight excluding hydrogens is 298 g/mol. The van der Waals surface area contributed by atoms with Gasteiger partial charge in [0.1, 0.15) is 4.21 Å². The summed E-state index contributed by atoms with van der Waals surface area (Å²) in [6.45, 7) is 5.62. The van der Waals surface area contributed by atoms with Crippen LogP contribution in [0.3, 0.4) is 0 Å². The van der Waals surface area contributed by atoms with Crippen LogP contribution in [0.5, 0.6) is 0 Å². The summed E-state index contributed by atoms with van der Waals surface area (Å²) in [5.74, 6) is -0.0247. The van der Waals surface area contributed by atoms with Gasteiger partial charge in [-0.05, 0) is 11.4 Å². The number of carbonyl (C=O) groups excluding carboxylic acids is 1. The highest BCUT2D eigenvalue weighted by atomic mass is 32.2. The van der Waals surface area contributed by atoms with Crippen LogP contribution in [0.15, 0.2) is 21.7 Å². The van der Waals surface area contributed by atoms with Crippen LogP contribution in [0.2, 0.25) is 0 Å². The first-order valence-corrected chi connectivity index (χ1v) is 8.94. The Balaban J connectivity index is 1.84. The van der Waals surface area contributed by atoms with Gasteiger partial charge < -0.3 is 10.2 Å². The topological polar surface area (TPSA) is 70.9 Å². The van der Waals surface area contributed by atoms with Crippen molar-refractivity contribution >= 4 is 27.3 Å². The van der Waals surface area contributed by atoms with Crippen LogP contribution in [-0.2, 0) is 14.8 Å². The van der Waals surface area contributed by atoms with Crippen LogP contribution in [-0.4, -0.2) is 57.9 Å². The van der Waals surface area contributed by atoms with Gasteiger partial charge in [-0.3, -0.25) is 4.79 Å². The molecule has 6 nitrogen and oxygen atoms in total. The minimum absolute atomic E-state index is 0.0247. The van der Waals surface area contributed by atoms with E-state index in [9.17, 15) is 13.2 Å². The normalized spacial score (nSPS) is 18.1. The van der Waals surface area contributed by atoms with Crippen molar-refractivity contribution in [3.63, 3.8) is 0 Å². The third-order valence-corrected chi connectivity index (χ3v) is 6.64. The molecule has 2 rings (SSSR count). The maximum Gasteiger partial charge on any atom is 0.252 e. The number of rotatable bonds is 5. The van der Waals surface area contributed by atoms with Crippen LogP contribution in [0.4, 0.5) is 0 Å². The molecule has 112 valence electrons. The summed E-state index contributed by atoms with van der Waals surface area (Å²) in [7, 11) is -3.31. The second-order valence-electron chi connectivity index (χ2n) is 4.82. The molecule has 2 N–H and O–H groups in total. The summed E-state index contributed by atoms with van der Waals surface area (Å²) in [5.41, 5.74) is 0. The van der Waals surface area contributed by atoms with Crippen molar-refractivity contribution in [1.29, 1.82) is 0 Å². The number of quaternary nitrogens is 1. The molecular formula is C12H20N3O3S2+. The van der Waals surface area contributed by atoms with Crippen LogP contribution in [0.1, 0.15) is 6.92 Å². The zero-order chi connectivity index (χ0) is 14.6. The Bertz CT molecular complexity index is 534. The van der Waals surface area contributed by atoms with Crippen molar-refractivity contribution in [3.05, 3.63) is 17.5 Å². The van der Waals surface area contributed by atoms with Gasteiger partial charge in [-0.2, -0.15) is 4.31 Å². The second kappa shape index (κ2) is 6.66. The lowest BCUT2D eigenvalue weighted by Gasteiger charge is -2.31. The van der Waals surface area contributed by atoms with E-state index in [1.807, 2.05) is 0 Å². The molecule has 1 aromatic rings. The summed E-state index contributed by atoms with van der Waals surface area (Å²) in [6, 6.07) is 3.41. The first kappa shape index (κ1) is 15.4. The minimum atomic E-state index is -3.31. The van der Waals surface area contributed by atoms with Crippen molar-refractivity contribution in [3.8, 4) is 0 Å². The van der Waals surface area contributed by atoms with E-state index >= 15 is 0 Å². The van der Waals surface area contributed by atoms with Crippen LogP contribution >= 0.6 is 11.3 Å². The number of amides is 1. The number of hydrogen-bond acceptors (Lipinski definition) is 4. The van der Waals surface area contributed by atoms with E-state index in [2.05, 4.69) is 5.32 Å². The van der Waals surface area contributed by atoms with Crippen molar-refractivity contribution in [2.24, 2.45) is 0 Å². The Kier molecular flexibility index (Phi) is 5.14. The highest BCUT2D eigenvalue weighted by Gasteiger charge is 2.30. The molecule has 1 fully saturated rings. The van der Waals surface area contributed by atoms with Gasteiger partial charge in [0.15, 0.2) is 0 Å². The fraction of sp³-hybridized carbons (Fsp3) is 0.583. The molecule has 2 heterocycles. The van der Waals surface area contributed by atoms with Crippen LogP contribution in [0.25, 0.3) is 0 Å². The van der Waals surface area contributed by atoms with Gasteiger partial charge in [-0.1, -0.05) is 6.07 Å². The first-order chi connectivity index (χ1) is 9.50. The van der Waals surface area contributed by atoms with Gasteiger partial charge >= 0.3 is 0 Å². The van der Waals surface area contributed by atoms with E-state index < -0.39 is 10.0 Å². The molecule has 1 aliphatic rings. The van der Waals surface area contributed by atoms with E-state index in [4.69, 9.17) is 0 Å². The van der Waals surface area contributed by atoms with Crippen LogP contribution < -0.4 is 10.2 Å². The Morgan fingerprint density at radius 1 is 1.45 bits per heavy atom. The fourth-order valence-electron chi connectivity index (χ4n) is 2.25. The van der Waals surface area contributed by atoms with Crippen molar-refractivity contribution in [2.45, 2.75) is 11.1 Å². The van der Waals surface area contributed by atoms with Gasteiger partial charge in [0.25, 0.3) is 10.0 Å². The molecule has 1 saturated heterocycles. The lowest BCUT2D eigenvalue weighted by atomic mass is 10.3. The monoisotopic (exact) mass is 318 g/mol. The summed E-state index contributed by atoms with van der Waals surface area (Å²) >= 11 is 1.26.